The molecule has 0 bridgehead atoms. The van der Waals surface area contributed by atoms with Gasteiger partial charge in [-0.1, -0.05) is 5.16 Å². The van der Waals surface area contributed by atoms with Crippen molar-refractivity contribution in [1.82, 2.24) is 15.1 Å². The van der Waals surface area contributed by atoms with Crippen molar-refractivity contribution in [3.63, 3.8) is 0 Å². The van der Waals surface area contributed by atoms with Crippen LogP contribution in [-0.4, -0.2) is 15.1 Å². The van der Waals surface area contributed by atoms with Crippen LogP contribution in [0, 0.1) is 13.8 Å². The Bertz CT molecular complexity index is 519. The maximum atomic E-state index is 5.90. The standard InChI is InChI=1S/C12H16N4O/c1-7-5-9(6-8(2)14-7)10-15-11(17-16-10)12(3,4)13/h5-6H,13H2,1-4H3. The van der Waals surface area contributed by atoms with E-state index in [1.807, 2.05) is 39.8 Å². The Morgan fingerprint density at radius 2 is 1.71 bits per heavy atom. The quantitative estimate of drug-likeness (QED) is 0.856. The summed E-state index contributed by atoms with van der Waals surface area (Å²) in [6.45, 7) is 7.52. The smallest absolute Gasteiger partial charge is 0.246 e. The normalized spacial score (nSPS) is 11.8. The first-order chi connectivity index (χ1) is 7.86. The predicted molar refractivity (Wildman–Crippen MR) is 64.2 cm³/mol. The van der Waals surface area contributed by atoms with Crippen molar-refractivity contribution >= 4 is 0 Å². The minimum atomic E-state index is -0.623. The summed E-state index contributed by atoms with van der Waals surface area (Å²) in [6, 6.07) is 3.84. The molecule has 17 heavy (non-hydrogen) atoms. The van der Waals surface area contributed by atoms with Gasteiger partial charge in [0, 0.05) is 17.0 Å². The van der Waals surface area contributed by atoms with E-state index in [2.05, 4.69) is 15.1 Å². The zero-order valence-electron chi connectivity index (χ0n) is 10.5. The van der Waals surface area contributed by atoms with Gasteiger partial charge in [-0.3, -0.25) is 4.98 Å². The molecule has 0 unspecified atom stereocenters. The number of aryl methyl sites for hydroxylation is 2. The largest absolute Gasteiger partial charge is 0.337 e. The third kappa shape index (κ3) is 2.50. The fourth-order valence-electron chi connectivity index (χ4n) is 1.57. The molecule has 5 nitrogen and oxygen atoms in total. The van der Waals surface area contributed by atoms with Gasteiger partial charge in [0.2, 0.25) is 11.7 Å². The van der Waals surface area contributed by atoms with Gasteiger partial charge in [0.05, 0.1) is 5.54 Å². The van der Waals surface area contributed by atoms with E-state index in [1.54, 1.807) is 0 Å². The molecule has 2 rings (SSSR count). The summed E-state index contributed by atoms with van der Waals surface area (Å²) >= 11 is 0. The average molecular weight is 232 g/mol. The van der Waals surface area contributed by atoms with Gasteiger partial charge in [-0.05, 0) is 39.8 Å². The maximum Gasteiger partial charge on any atom is 0.246 e. The van der Waals surface area contributed by atoms with Crippen molar-refractivity contribution < 1.29 is 4.52 Å². The summed E-state index contributed by atoms with van der Waals surface area (Å²) < 4.78 is 5.16. The molecule has 0 radical (unpaired) electrons. The van der Waals surface area contributed by atoms with E-state index in [-0.39, 0.29) is 0 Å². The van der Waals surface area contributed by atoms with E-state index in [9.17, 15) is 0 Å². The molecular weight excluding hydrogens is 216 g/mol. The number of nitrogens with two attached hydrogens (primary N) is 1. The van der Waals surface area contributed by atoms with Crippen molar-refractivity contribution in [2.75, 3.05) is 0 Å². The number of pyridine rings is 1. The molecule has 0 aliphatic heterocycles. The van der Waals surface area contributed by atoms with Gasteiger partial charge >= 0.3 is 0 Å². The molecule has 0 aliphatic carbocycles. The van der Waals surface area contributed by atoms with Crippen LogP contribution in [0.4, 0.5) is 0 Å². The minimum absolute atomic E-state index is 0.430. The molecule has 5 heteroatoms. The van der Waals surface area contributed by atoms with Gasteiger partial charge in [-0.15, -0.1) is 0 Å². The van der Waals surface area contributed by atoms with Crippen LogP contribution in [0.1, 0.15) is 31.1 Å². The highest BCUT2D eigenvalue weighted by Crippen LogP contribution is 2.21. The fraction of sp³-hybridized carbons (Fsp3) is 0.417. The number of hydrogen-bond acceptors (Lipinski definition) is 5. The topological polar surface area (TPSA) is 77.8 Å². The third-order valence-corrected chi connectivity index (χ3v) is 2.32. The van der Waals surface area contributed by atoms with Crippen molar-refractivity contribution in [3.05, 3.63) is 29.4 Å². The predicted octanol–water partition coefficient (Wildman–Crippen LogP) is 1.94. The maximum absolute atomic E-state index is 5.90. The van der Waals surface area contributed by atoms with Gasteiger partial charge in [-0.2, -0.15) is 4.98 Å². The van der Waals surface area contributed by atoms with E-state index in [4.69, 9.17) is 10.3 Å². The lowest BCUT2D eigenvalue weighted by molar-refractivity contribution is 0.312. The summed E-state index contributed by atoms with van der Waals surface area (Å²) in [5, 5.41) is 3.94. The van der Waals surface area contributed by atoms with E-state index in [0.717, 1.165) is 17.0 Å². The lowest BCUT2D eigenvalue weighted by Crippen LogP contribution is -2.28. The molecule has 2 N–H and O–H groups in total. The van der Waals surface area contributed by atoms with Crippen LogP contribution in [0.2, 0.25) is 0 Å². The second kappa shape index (κ2) is 3.92. The summed E-state index contributed by atoms with van der Waals surface area (Å²) in [5.41, 5.74) is 8.03. The second-order valence-corrected chi connectivity index (χ2v) is 4.78. The summed E-state index contributed by atoms with van der Waals surface area (Å²) in [6.07, 6.45) is 0. The zero-order chi connectivity index (χ0) is 12.6. The number of nitrogens with zero attached hydrogens (tertiary/aromatic N) is 3. The van der Waals surface area contributed by atoms with E-state index in [1.165, 1.54) is 0 Å². The van der Waals surface area contributed by atoms with Crippen molar-refractivity contribution in [2.45, 2.75) is 33.2 Å². The zero-order valence-corrected chi connectivity index (χ0v) is 10.5. The Morgan fingerprint density at radius 1 is 1.12 bits per heavy atom. The molecule has 90 valence electrons. The fourth-order valence-corrected chi connectivity index (χ4v) is 1.57. The van der Waals surface area contributed by atoms with Gasteiger partial charge in [-0.25, -0.2) is 0 Å². The van der Waals surface area contributed by atoms with Crippen LogP contribution in [0.5, 0.6) is 0 Å². The molecule has 2 aromatic heterocycles. The highest BCUT2D eigenvalue weighted by molar-refractivity contribution is 5.55. The van der Waals surface area contributed by atoms with Gasteiger partial charge in [0.25, 0.3) is 0 Å². The van der Waals surface area contributed by atoms with E-state index >= 15 is 0 Å². The SMILES string of the molecule is Cc1cc(-c2noc(C(C)(C)N)n2)cc(C)n1. The molecule has 2 aromatic rings. The van der Waals surface area contributed by atoms with Crippen molar-refractivity contribution in [1.29, 1.82) is 0 Å². The van der Waals surface area contributed by atoms with Gasteiger partial charge in [0.1, 0.15) is 0 Å². The van der Waals surface area contributed by atoms with Gasteiger partial charge < -0.3 is 10.3 Å². The molecule has 0 aliphatic rings. The number of aromatic nitrogens is 3. The molecule has 0 amide bonds. The molecule has 0 saturated carbocycles. The third-order valence-electron chi connectivity index (χ3n) is 2.32. The minimum Gasteiger partial charge on any atom is -0.337 e. The van der Waals surface area contributed by atoms with Crippen LogP contribution < -0.4 is 5.73 Å². The van der Waals surface area contributed by atoms with Crippen LogP contribution in [0.3, 0.4) is 0 Å². The molecule has 2 heterocycles. The van der Waals surface area contributed by atoms with Crippen LogP contribution in [-0.2, 0) is 5.54 Å². The first-order valence-electron chi connectivity index (χ1n) is 5.45. The lowest BCUT2D eigenvalue weighted by atomic mass is 10.1. The Hall–Kier alpha value is -1.75. The average Bonchev–Trinajstić information content (AvgIpc) is 2.63. The summed E-state index contributed by atoms with van der Waals surface area (Å²) in [5.74, 6) is 0.978. The number of hydrogen-bond donors (Lipinski definition) is 1. The Balaban J connectivity index is 2.44. The summed E-state index contributed by atoms with van der Waals surface area (Å²) in [4.78, 5) is 8.61. The molecule has 0 spiro atoms. The van der Waals surface area contributed by atoms with Crippen LogP contribution >= 0.6 is 0 Å². The summed E-state index contributed by atoms with van der Waals surface area (Å²) in [7, 11) is 0. The molecular formula is C12H16N4O. The first-order valence-corrected chi connectivity index (χ1v) is 5.45. The van der Waals surface area contributed by atoms with Crippen molar-refractivity contribution in [2.24, 2.45) is 5.73 Å². The Kier molecular flexibility index (Phi) is 2.71. The molecule has 0 saturated heterocycles. The van der Waals surface area contributed by atoms with E-state index < -0.39 is 5.54 Å². The monoisotopic (exact) mass is 232 g/mol. The van der Waals surface area contributed by atoms with Crippen LogP contribution in [0.25, 0.3) is 11.4 Å². The van der Waals surface area contributed by atoms with Crippen molar-refractivity contribution in [3.8, 4) is 11.4 Å². The number of rotatable bonds is 2. The lowest BCUT2D eigenvalue weighted by Gasteiger charge is -2.10. The highest BCUT2D eigenvalue weighted by atomic mass is 16.5. The van der Waals surface area contributed by atoms with Gasteiger partial charge in [0.15, 0.2) is 0 Å². The second-order valence-electron chi connectivity index (χ2n) is 4.78. The molecule has 0 fully saturated rings. The Labute approximate surface area is 100 Å². The Morgan fingerprint density at radius 3 is 2.18 bits per heavy atom. The molecule has 0 atom stereocenters. The highest BCUT2D eigenvalue weighted by Gasteiger charge is 2.22. The van der Waals surface area contributed by atoms with E-state index in [0.29, 0.717) is 11.7 Å². The molecule has 0 aromatic carbocycles. The first kappa shape index (κ1) is 11.7. The van der Waals surface area contributed by atoms with Crippen LogP contribution in [0.15, 0.2) is 16.7 Å².